The van der Waals surface area contributed by atoms with Crippen LogP contribution in [0.4, 0.5) is 0 Å². The smallest absolute Gasteiger partial charge is 0.305 e. The van der Waals surface area contributed by atoms with E-state index in [1.54, 1.807) is 17.9 Å². The lowest BCUT2D eigenvalue weighted by Crippen LogP contribution is -2.37. The van der Waals surface area contributed by atoms with E-state index in [9.17, 15) is 9.59 Å². The summed E-state index contributed by atoms with van der Waals surface area (Å²) >= 11 is 0. The number of likely N-dealkylation sites (tertiary alicyclic amines) is 1. The van der Waals surface area contributed by atoms with Crippen molar-refractivity contribution < 1.29 is 14.7 Å². The SMILES string of the molecule is CCc1nnc(C)cc1C(=O)N1CCCC1CC(=O)O. The molecule has 0 saturated carbocycles. The van der Waals surface area contributed by atoms with Crippen molar-refractivity contribution in [1.29, 1.82) is 0 Å². The number of rotatable bonds is 4. The van der Waals surface area contributed by atoms with E-state index in [-0.39, 0.29) is 18.4 Å². The molecule has 1 atom stereocenters. The van der Waals surface area contributed by atoms with Gasteiger partial charge in [0, 0.05) is 12.6 Å². The van der Waals surface area contributed by atoms with Gasteiger partial charge in [-0.2, -0.15) is 10.2 Å². The summed E-state index contributed by atoms with van der Waals surface area (Å²) in [4.78, 5) is 25.2. The molecule has 0 radical (unpaired) electrons. The first kappa shape index (κ1) is 14.4. The van der Waals surface area contributed by atoms with Gasteiger partial charge >= 0.3 is 5.97 Å². The van der Waals surface area contributed by atoms with Crippen LogP contribution in [0.1, 0.15) is 47.9 Å². The van der Waals surface area contributed by atoms with Crippen molar-refractivity contribution in [2.24, 2.45) is 0 Å². The number of hydrogen-bond donors (Lipinski definition) is 1. The minimum atomic E-state index is -0.866. The monoisotopic (exact) mass is 277 g/mol. The Balaban J connectivity index is 2.26. The summed E-state index contributed by atoms with van der Waals surface area (Å²) in [6, 6.07) is 1.53. The van der Waals surface area contributed by atoms with Crippen LogP contribution in [0.15, 0.2) is 6.07 Å². The van der Waals surface area contributed by atoms with Crippen LogP contribution < -0.4 is 0 Å². The Morgan fingerprint density at radius 1 is 1.45 bits per heavy atom. The van der Waals surface area contributed by atoms with Crippen molar-refractivity contribution in [1.82, 2.24) is 15.1 Å². The molecule has 0 bridgehead atoms. The Bertz CT molecular complexity index is 530. The summed E-state index contributed by atoms with van der Waals surface area (Å²) in [6.07, 6.45) is 2.23. The lowest BCUT2D eigenvalue weighted by Gasteiger charge is -2.24. The molecule has 2 heterocycles. The molecular weight excluding hydrogens is 258 g/mol. The second-order valence-electron chi connectivity index (χ2n) is 5.09. The van der Waals surface area contributed by atoms with Crippen LogP contribution in [0.5, 0.6) is 0 Å². The van der Waals surface area contributed by atoms with Gasteiger partial charge in [0.25, 0.3) is 5.91 Å². The van der Waals surface area contributed by atoms with E-state index < -0.39 is 5.97 Å². The average molecular weight is 277 g/mol. The van der Waals surface area contributed by atoms with Crippen LogP contribution in [0, 0.1) is 6.92 Å². The van der Waals surface area contributed by atoms with Crippen LogP contribution in [0.2, 0.25) is 0 Å². The van der Waals surface area contributed by atoms with Crippen molar-refractivity contribution in [3.8, 4) is 0 Å². The number of nitrogens with zero attached hydrogens (tertiary/aromatic N) is 3. The van der Waals surface area contributed by atoms with E-state index in [4.69, 9.17) is 5.11 Å². The van der Waals surface area contributed by atoms with Crippen molar-refractivity contribution in [3.63, 3.8) is 0 Å². The van der Waals surface area contributed by atoms with Gasteiger partial charge in [-0.25, -0.2) is 0 Å². The van der Waals surface area contributed by atoms with E-state index in [0.29, 0.717) is 29.9 Å². The van der Waals surface area contributed by atoms with Crippen molar-refractivity contribution >= 4 is 11.9 Å². The largest absolute Gasteiger partial charge is 0.481 e. The molecule has 1 aliphatic heterocycles. The number of carbonyl (C=O) groups excluding carboxylic acids is 1. The molecule has 108 valence electrons. The topological polar surface area (TPSA) is 83.4 Å². The Labute approximate surface area is 117 Å². The molecule has 1 unspecified atom stereocenters. The van der Waals surface area contributed by atoms with Crippen LogP contribution >= 0.6 is 0 Å². The third kappa shape index (κ3) is 2.95. The molecule has 1 aromatic rings. The van der Waals surface area contributed by atoms with Crippen molar-refractivity contribution in [3.05, 3.63) is 23.0 Å². The Morgan fingerprint density at radius 2 is 2.20 bits per heavy atom. The van der Waals surface area contributed by atoms with Gasteiger partial charge in [0.15, 0.2) is 0 Å². The summed E-state index contributed by atoms with van der Waals surface area (Å²) in [7, 11) is 0. The third-order valence-electron chi connectivity index (χ3n) is 3.61. The molecular formula is C14H19N3O3. The zero-order valence-electron chi connectivity index (χ0n) is 11.8. The van der Waals surface area contributed by atoms with Gasteiger partial charge in [0.05, 0.1) is 23.4 Å². The second kappa shape index (κ2) is 5.98. The van der Waals surface area contributed by atoms with E-state index in [1.807, 2.05) is 6.92 Å². The summed E-state index contributed by atoms with van der Waals surface area (Å²) in [5, 5.41) is 17.0. The molecule has 1 aliphatic rings. The highest BCUT2D eigenvalue weighted by atomic mass is 16.4. The second-order valence-corrected chi connectivity index (χ2v) is 5.09. The fourth-order valence-electron chi connectivity index (χ4n) is 2.63. The van der Waals surface area contributed by atoms with Crippen LogP contribution in [-0.4, -0.2) is 44.7 Å². The summed E-state index contributed by atoms with van der Waals surface area (Å²) in [6.45, 7) is 4.33. The molecule has 20 heavy (non-hydrogen) atoms. The zero-order valence-corrected chi connectivity index (χ0v) is 11.8. The lowest BCUT2D eigenvalue weighted by molar-refractivity contribution is -0.137. The first-order chi connectivity index (χ1) is 9.52. The van der Waals surface area contributed by atoms with E-state index in [1.165, 1.54) is 0 Å². The standard InChI is InChI=1S/C14H19N3O3/c1-3-12-11(7-9(2)15-16-12)14(20)17-6-4-5-10(17)8-13(18)19/h7,10H,3-6,8H2,1-2H3,(H,18,19). The third-order valence-corrected chi connectivity index (χ3v) is 3.61. The number of carbonyl (C=O) groups is 2. The van der Waals surface area contributed by atoms with E-state index in [0.717, 1.165) is 12.8 Å². The number of carboxylic acid groups (broad SMARTS) is 1. The number of hydrogen-bond acceptors (Lipinski definition) is 4. The fraction of sp³-hybridized carbons (Fsp3) is 0.571. The highest BCUT2D eigenvalue weighted by Gasteiger charge is 2.32. The molecule has 1 N–H and O–H groups in total. The van der Waals surface area contributed by atoms with Gasteiger partial charge in [0.1, 0.15) is 0 Å². The minimum Gasteiger partial charge on any atom is -0.481 e. The number of aliphatic carboxylic acids is 1. The summed E-state index contributed by atoms with van der Waals surface area (Å²) in [5.74, 6) is -0.988. The summed E-state index contributed by atoms with van der Waals surface area (Å²) < 4.78 is 0. The van der Waals surface area contributed by atoms with E-state index in [2.05, 4.69) is 10.2 Å². The molecule has 1 saturated heterocycles. The Hall–Kier alpha value is -1.98. The van der Waals surface area contributed by atoms with Gasteiger partial charge in [-0.15, -0.1) is 0 Å². The molecule has 1 aromatic heterocycles. The molecule has 1 amide bonds. The Kier molecular flexibility index (Phi) is 4.32. The molecule has 0 spiro atoms. The molecule has 2 rings (SSSR count). The number of aromatic nitrogens is 2. The Morgan fingerprint density at radius 3 is 2.85 bits per heavy atom. The quantitative estimate of drug-likeness (QED) is 0.900. The maximum atomic E-state index is 12.6. The van der Waals surface area contributed by atoms with E-state index >= 15 is 0 Å². The minimum absolute atomic E-state index is 0.00466. The normalized spacial score (nSPS) is 18.3. The van der Waals surface area contributed by atoms with Gasteiger partial charge in [-0.1, -0.05) is 6.92 Å². The maximum Gasteiger partial charge on any atom is 0.305 e. The van der Waals surface area contributed by atoms with Crippen LogP contribution in [-0.2, 0) is 11.2 Å². The first-order valence-electron chi connectivity index (χ1n) is 6.89. The number of carboxylic acids is 1. The van der Waals surface area contributed by atoms with Crippen molar-refractivity contribution in [2.45, 2.75) is 45.6 Å². The molecule has 0 aliphatic carbocycles. The zero-order chi connectivity index (χ0) is 14.7. The van der Waals surface area contributed by atoms with Gasteiger partial charge in [-0.3, -0.25) is 9.59 Å². The molecule has 1 fully saturated rings. The fourth-order valence-corrected chi connectivity index (χ4v) is 2.63. The number of aryl methyl sites for hydroxylation is 2. The maximum absolute atomic E-state index is 12.6. The van der Waals surface area contributed by atoms with Crippen LogP contribution in [0.25, 0.3) is 0 Å². The molecule has 6 heteroatoms. The van der Waals surface area contributed by atoms with Crippen molar-refractivity contribution in [2.75, 3.05) is 6.54 Å². The first-order valence-corrected chi connectivity index (χ1v) is 6.89. The van der Waals surface area contributed by atoms with Crippen LogP contribution in [0.3, 0.4) is 0 Å². The van der Waals surface area contributed by atoms with Gasteiger partial charge < -0.3 is 10.0 Å². The lowest BCUT2D eigenvalue weighted by atomic mass is 10.1. The highest BCUT2D eigenvalue weighted by Crippen LogP contribution is 2.23. The predicted molar refractivity (Wildman–Crippen MR) is 72.5 cm³/mol. The highest BCUT2D eigenvalue weighted by molar-refractivity contribution is 5.96. The molecule has 6 nitrogen and oxygen atoms in total. The van der Waals surface area contributed by atoms with Gasteiger partial charge in [-0.05, 0) is 32.3 Å². The number of amides is 1. The molecule has 0 aromatic carbocycles. The predicted octanol–water partition coefficient (Wildman–Crippen LogP) is 1.43. The van der Waals surface area contributed by atoms with Gasteiger partial charge in [0.2, 0.25) is 0 Å². The summed E-state index contributed by atoms with van der Waals surface area (Å²) in [5.41, 5.74) is 1.92. The average Bonchev–Trinajstić information content (AvgIpc) is 2.85.